The molecule has 0 heteroatoms. The molecule has 6 aromatic rings. The van der Waals surface area contributed by atoms with Crippen LogP contribution in [-0.2, 0) is 5.41 Å². The Morgan fingerprint density at radius 1 is 0.412 bits per heavy atom. The zero-order chi connectivity index (χ0) is 23.3. The van der Waals surface area contributed by atoms with Crippen molar-refractivity contribution in [3.8, 4) is 22.3 Å². The third-order valence-electron chi connectivity index (χ3n) is 6.99. The molecule has 0 nitrogen and oxygen atoms in total. The molecule has 0 unspecified atom stereocenters. The smallest absolute Gasteiger partial charge is 0.00260 e. The van der Waals surface area contributed by atoms with Gasteiger partial charge < -0.3 is 0 Å². The molecule has 0 fully saturated rings. The maximum absolute atomic E-state index is 2.43. The van der Waals surface area contributed by atoms with Crippen molar-refractivity contribution < 1.29 is 0 Å². The van der Waals surface area contributed by atoms with Crippen molar-refractivity contribution in [3.05, 3.63) is 121 Å². The predicted octanol–water partition coefficient (Wildman–Crippen LogP) is 9.78. The SMILES string of the molecule is CC(C)(C)c1ccc2c(-c3ccccc3)c3ccccc3c(-c3ccc4ccccc4c3)c2c1. The molecule has 34 heavy (non-hydrogen) atoms. The van der Waals surface area contributed by atoms with Crippen LogP contribution in [0.1, 0.15) is 26.3 Å². The number of hydrogen-bond donors (Lipinski definition) is 0. The van der Waals surface area contributed by atoms with Crippen LogP contribution in [0.25, 0.3) is 54.6 Å². The molecule has 0 aliphatic carbocycles. The fourth-order valence-corrected chi connectivity index (χ4v) is 5.22. The summed E-state index contributed by atoms with van der Waals surface area (Å²) in [5, 5.41) is 7.77. The van der Waals surface area contributed by atoms with E-state index in [0.29, 0.717) is 0 Å². The Bertz CT molecular complexity index is 1660. The first-order chi connectivity index (χ1) is 16.5. The summed E-state index contributed by atoms with van der Waals surface area (Å²) in [5.74, 6) is 0. The highest BCUT2D eigenvalue weighted by Crippen LogP contribution is 2.45. The summed E-state index contributed by atoms with van der Waals surface area (Å²) in [5.41, 5.74) is 6.60. The number of fused-ring (bicyclic) bond motifs is 3. The van der Waals surface area contributed by atoms with Crippen LogP contribution in [0.15, 0.2) is 115 Å². The van der Waals surface area contributed by atoms with E-state index in [1.54, 1.807) is 0 Å². The first-order valence-corrected chi connectivity index (χ1v) is 12.0. The van der Waals surface area contributed by atoms with Gasteiger partial charge in [0.15, 0.2) is 0 Å². The normalized spacial score (nSPS) is 12.0. The first-order valence-electron chi connectivity index (χ1n) is 12.0. The number of hydrogen-bond acceptors (Lipinski definition) is 0. The second-order valence-corrected chi connectivity index (χ2v) is 10.2. The minimum Gasteiger partial charge on any atom is -0.0622 e. The number of rotatable bonds is 2. The van der Waals surface area contributed by atoms with Crippen molar-refractivity contribution in [1.29, 1.82) is 0 Å². The van der Waals surface area contributed by atoms with Crippen molar-refractivity contribution in [3.63, 3.8) is 0 Å². The number of benzene rings is 6. The van der Waals surface area contributed by atoms with E-state index in [0.717, 1.165) is 0 Å². The summed E-state index contributed by atoms with van der Waals surface area (Å²) < 4.78 is 0. The molecule has 0 atom stereocenters. The van der Waals surface area contributed by atoms with E-state index in [2.05, 4.69) is 136 Å². The maximum Gasteiger partial charge on any atom is -0.00260 e. The van der Waals surface area contributed by atoms with E-state index in [4.69, 9.17) is 0 Å². The lowest BCUT2D eigenvalue weighted by molar-refractivity contribution is 0.591. The summed E-state index contributed by atoms with van der Waals surface area (Å²) in [6, 6.07) is 42.3. The van der Waals surface area contributed by atoms with Gasteiger partial charge >= 0.3 is 0 Å². The first kappa shape index (κ1) is 20.7. The van der Waals surface area contributed by atoms with E-state index in [1.165, 1.54) is 60.1 Å². The summed E-state index contributed by atoms with van der Waals surface area (Å²) in [6.45, 7) is 6.88. The Hall–Kier alpha value is -3.90. The van der Waals surface area contributed by atoms with Crippen LogP contribution in [-0.4, -0.2) is 0 Å². The topological polar surface area (TPSA) is 0 Å². The molecule has 0 N–H and O–H groups in total. The molecular formula is C34H28. The van der Waals surface area contributed by atoms with Gasteiger partial charge in [0.25, 0.3) is 0 Å². The molecule has 0 bridgehead atoms. The quantitative estimate of drug-likeness (QED) is 0.237. The van der Waals surface area contributed by atoms with Gasteiger partial charge in [0.2, 0.25) is 0 Å². The van der Waals surface area contributed by atoms with Crippen LogP contribution in [0.5, 0.6) is 0 Å². The Morgan fingerprint density at radius 3 is 1.71 bits per heavy atom. The van der Waals surface area contributed by atoms with E-state index in [1.807, 2.05) is 0 Å². The minimum absolute atomic E-state index is 0.0768. The lowest BCUT2D eigenvalue weighted by Crippen LogP contribution is -2.10. The molecule has 164 valence electrons. The van der Waals surface area contributed by atoms with Crippen LogP contribution >= 0.6 is 0 Å². The fraction of sp³-hybridized carbons (Fsp3) is 0.118. The maximum atomic E-state index is 2.43. The van der Waals surface area contributed by atoms with Gasteiger partial charge in [-0.05, 0) is 77.7 Å². The van der Waals surface area contributed by atoms with Crippen LogP contribution in [0.3, 0.4) is 0 Å². The van der Waals surface area contributed by atoms with Gasteiger partial charge in [-0.2, -0.15) is 0 Å². The summed E-state index contributed by atoms with van der Waals surface area (Å²) in [6.07, 6.45) is 0. The van der Waals surface area contributed by atoms with Gasteiger partial charge in [0.05, 0.1) is 0 Å². The Morgan fingerprint density at radius 2 is 1.00 bits per heavy atom. The van der Waals surface area contributed by atoms with Crippen molar-refractivity contribution in [2.24, 2.45) is 0 Å². The Kier molecular flexibility index (Phi) is 4.78. The second-order valence-electron chi connectivity index (χ2n) is 10.2. The molecular weight excluding hydrogens is 408 g/mol. The zero-order valence-corrected chi connectivity index (χ0v) is 20.0. The molecule has 0 aliphatic heterocycles. The van der Waals surface area contributed by atoms with Gasteiger partial charge in [-0.1, -0.05) is 124 Å². The summed E-state index contributed by atoms with van der Waals surface area (Å²) in [4.78, 5) is 0. The third-order valence-corrected chi connectivity index (χ3v) is 6.99. The van der Waals surface area contributed by atoms with Gasteiger partial charge in [-0.3, -0.25) is 0 Å². The van der Waals surface area contributed by atoms with E-state index >= 15 is 0 Å². The van der Waals surface area contributed by atoms with Crippen LogP contribution in [0.4, 0.5) is 0 Å². The molecule has 6 rings (SSSR count). The molecule has 0 heterocycles. The largest absolute Gasteiger partial charge is 0.0622 e. The zero-order valence-electron chi connectivity index (χ0n) is 20.0. The molecule has 0 aliphatic rings. The monoisotopic (exact) mass is 436 g/mol. The highest BCUT2D eigenvalue weighted by Gasteiger charge is 2.20. The molecule has 0 saturated carbocycles. The van der Waals surface area contributed by atoms with E-state index in [9.17, 15) is 0 Å². The molecule has 0 saturated heterocycles. The highest BCUT2D eigenvalue weighted by molar-refractivity contribution is 6.21. The fourth-order valence-electron chi connectivity index (χ4n) is 5.22. The lowest BCUT2D eigenvalue weighted by Gasteiger charge is -2.23. The lowest BCUT2D eigenvalue weighted by atomic mass is 9.81. The second kappa shape index (κ2) is 7.85. The van der Waals surface area contributed by atoms with Gasteiger partial charge in [-0.15, -0.1) is 0 Å². The Labute approximate surface area is 201 Å². The minimum atomic E-state index is 0.0768. The van der Waals surface area contributed by atoms with Crippen LogP contribution < -0.4 is 0 Å². The van der Waals surface area contributed by atoms with Gasteiger partial charge in [0.1, 0.15) is 0 Å². The van der Waals surface area contributed by atoms with Gasteiger partial charge in [0, 0.05) is 0 Å². The van der Waals surface area contributed by atoms with Crippen molar-refractivity contribution in [2.75, 3.05) is 0 Å². The summed E-state index contributed by atoms with van der Waals surface area (Å²) in [7, 11) is 0. The molecule has 0 radical (unpaired) electrons. The average Bonchev–Trinajstić information content (AvgIpc) is 2.86. The summed E-state index contributed by atoms with van der Waals surface area (Å²) >= 11 is 0. The van der Waals surface area contributed by atoms with Crippen molar-refractivity contribution in [2.45, 2.75) is 26.2 Å². The van der Waals surface area contributed by atoms with Crippen LogP contribution in [0.2, 0.25) is 0 Å². The standard InChI is InChI=1S/C34H28/c1-34(2,3)27-19-20-30-31(22-27)33(26-18-17-23-11-7-8-14-25(23)21-26)29-16-10-9-15-28(29)32(30)24-12-5-4-6-13-24/h4-22H,1-3H3. The van der Waals surface area contributed by atoms with Crippen molar-refractivity contribution in [1.82, 2.24) is 0 Å². The molecule has 0 spiro atoms. The van der Waals surface area contributed by atoms with E-state index < -0.39 is 0 Å². The van der Waals surface area contributed by atoms with Crippen LogP contribution in [0, 0.1) is 0 Å². The predicted molar refractivity (Wildman–Crippen MR) is 149 cm³/mol. The Balaban J connectivity index is 1.80. The molecule has 0 amide bonds. The van der Waals surface area contributed by atoms with Crippen molar-refractivity contribution >= 4 is 32.3 Å². The molecule has 6 aromatic carbocycles. The van der Waals surface area contributed by atoms with E-state index in [-0.39, 0.29) is 5.41 Å². The molecule has 0 aromatic heterocycles. The third kappa shape index (κ3) is 3.38. The highest BCUT2D eigenvalue weighted by atomic mass is 14.2. The van der Waals surface area contributed by atoms with Gasteiger partial charge in [-0.25, -0.2) is 0 Å². The average molecular weight is 437 g/mol.